The Balaban J connectivity index is 3.01. The maximum atomic E-state index is 13.7. The predicted molar refractivity (Wildman–Crippen MR) is 74.0 cm³/mol. The van der Waals surface area contributed by atoms with Gasteiger partial charge in [0.25, 0.3) is 0 Å². The molecule has 0 radical (unpaired) electrons. The van der Waals surface area contributed by atoms with Crippen LogP contribution in [0, 0.1) is 11.7 Å². The van der Waals surface area contributed by atoms with Gasteiger partial charge in [-0.2, -0.15) is 0 Å². The number of hydrogen-bond acceptors (Lipinski definition) is 3. The molecule has 4 nitrogen and oxygen atoms in total. The maximum absolute atomic E-state index is 13.7. The highest BCUT2D eigenvalue weighted by molar-refractivity contribution is 7.89. The Kier molecular flexibility index (Phi) is 5.73. The SMILES string of the molecule is CC(C)CC(CN)NS(=O)(=O)c1cccc(Cl)c1F. The van der Waals surface area contributed by atoms with Crippen LogP contribution in [0.15, 0.2) is 23.1 Å². The van der Waals surface area contributed by atoms with Crippen LogP contribution in [0.3, 0.4) is 0 Å². The van der Waals surface area contributed by atoms with Gasteiger partial charge >= 0.3 is 0 Å². The molecule has 0 fully saturated rings. The molecule has 1 unspecified atom stereocenters. The third-order valence-corrected chi connectivity index (χ3v) is 4.40. The first kappa shape index (κ1) is 16.4. The molecule has 1 atom stereocenters. The van der Waals surface area contributed by atoms with Crippen molar-refractivity contribution in [2.45, 2.75) is 31.2 Å². The molecule has 0 aromatic heterocycles. The highest BCUT2D eigenvalue weighted by Gasteiger charge is 2.24. The van der Waals surface area contributed by atoms with Crippen LogP contribution in [0.1, 0.15) is 20.3 Å². The number of sulfonamides is 1. The van der Waals surface area contributed by atoms with Gasteiger partial charge in [0.2, 0.25) is 10.0 Å². The number of nitrogens with one attached hydrogen (secondary N) is 1. The van der Waals surface area contributed by atoms with E-state index in [9.17, 15) is 12.8 Å². The fourth-order valence-electron chi connectivity index (χ4n) is 1.74. The molecule has 0 amide bonds. The molecule has 0 spiro atoms. The summed E-state index contributed by atoms with van der Waals surface area (Å²) in [5, 5.41) is -0.226. The maximum Gasteiger partial charge on any atom is 0.243 e. The van der Waals surface area contributed by atoms with Crippen molar-refractivity contribution >= 4 is 21.6 Å². The molecule has 0 bridgehead atoms. The van der Waals surface area contributed by atoms with E-state index in [2.05, 4.69) is 4.72 Å². The zero-order valence-electron chi connectivity index (χ0n) is 10.9. The summed E-state index contributed by atoms with van der Waals surface area (Å²) in [6.07, 6.45) is 0.581. The zero-order valence-corrected chi connectivity index (χ0v) is 12.4. The van der Waals surface area contributed by atoms with E-state index in [0.29, 0.717) is 6.42 Å². The van der Waals surface area contributed by atoms with Crippen LogP contribution in [0.25, 0.3) is 0 Å². The minimum atomic E-state index is -3.96. The van der Waals surface area contributed by atoms with Crippen molar-refractivity contribution in [2.24, 2.45) is 11.7 Å². The Morgan fingerprint density at radius 2 is 2.05 bits per heavy atom. The van der Waals surface area contributed by atoms with Gasteiger partial charge in [-0.3, -0.25) is 0 Å². The Morgan fingerprint density at radius 3 is 2.58 bits per heavy atom. The Labute approximate surface area is 118 Å². The molecule has 0 saturated heterocycles. The average Bonchev–Trinajstić information content (AvgIpc) is 2.30. The minimum absolute atomic E-state index is 0.152. The molecule has 19 heavy (non-hydrogen) atoms. The lowest BCUT2D eigenvalue weighted by Crippen LogP contribution is -2.41. The quantitative estimate of drug-likeness (QED) is 0.845. The molecule has 0 saturated carbocycles. The standard InChI is InChI=1S/C12H18ClFN2O2S/c1-8(2)6-9(7-15)16-19(17,18)11-5-3-4-10(13)12(11)14/h3-5,8-9,16H,6-7,15H2,1-2H3. The number of benzene rings is 1. The van der Waals surface area contributed by atoms with Crippen LogP contribution in [0.2, 0.25) is 5.02 Å². The van der Waals surface area contributed by atoms with Crippen molar-refractivity contribution in [3.8, 4) is 0 Å². The monoisotopic (exact) mass is 308 g/mol. The molecule has 3 N–H and O–H groups in total. The summed E-state index contributed by atoms with van der Waals surface area (Å²) in [6.45, 7) is 4.06. The summed E-state index contributed by atoms with van der Waals surface area (Å²) < 4.78 is 40.3. The van der Waals surface area contributed by atoms with Gasteiger partial charge in [0.1, 0.15) is 4.90 Å². The molecule has 1 rings (SSSR count). The Bertz CT molecular complexity index is 535. The number of hydrogen-bond donors (Lipinski definition) is 2. The Morgan fingerprint density at radius 1 is 1.42 bits per heavy atom. The van der Waals surface area contributed by atoms with Crippen LogP contribution in [-0.2, 0) is 10.0 Å². The molecule has 1 aromatic carbocycles. The van der Waals surface area contributed by atoms with Crippen molar-refractivity contribution in [3.63, 3.8) is 0 Å². The first-order chi connectivity index (χ1) is 8.77. The van der Waals surface area contributed by atoms with Crippen molar-refractivity contribution in [2.75, 3.05) is 6.54 Å². The van der Waals surface area contributed by atoms with E-state index in [0.717, 1.165) is 0 Å². The zero-order chi connectivity index (χ0) is 14.6. The summed E-state index contributed by atoms with van der Waals surface area (Å²) in [5.41, 5.74) is 5.53. The van der Waals surface area contributed by atoms with Crippen LogP contribution in [0.5, 0.6) is 0 Å². The van der Waals surface area contributed by atoms with Crippen molar-refractivity contribution < 1.29 is 12.8 Å². The Hall–Kier alpha value is -0.690. The first-order valence-electron chi connectivity index (χ1n) is 5.94. The lowest BCUT2D eigenvalue weighted by Gasteiger charge is -2.19. The lowest BCUT2D eigenvalue weighted by atomic mass is 10.1. The van der Waals surface area contributed by atoms with E-state index in [4.69, 9.17) is 17.3 Å². The fourth-order valence-corrected chi connectivity index (χ4v) is 3.33. The van der Waals surface area contributed by atoms with Crippen LogP contribution >= 0.6 is 11.6 Å². The van der Waals surface area contributed by atoms with Crippen molar-refractivity contribution in [3.05, 3.63) is 29.0 Å². The molecule has 0 aliphatic carbocycles. The summed E-state index contributed by atoms with van der Waals surface area (Å²) in [5.74, 6) is -0.669. The topological polar surface area (TPSA) is 72.2 Å². The number of rotatable bonds is 6. The first-order valence-corrected chi connectivity index (χ1v) is 7.80. The second-order valence-corrected chi connectivity index (χ2v) is 6.83. The summed E-state index contributed by atoms with van der Waals surface area (Å²) in [6, 6.07) is 3.43. The lowest BCUT2D eigenvalue weighted by molar-refractivity contribution is 0.463. The van der Waals surface area contributed by atoms with Crippen molar-refractivity contribution in [1.29, 1.82) is 0 Å². The third kappa shape index (κ3) is 4.42. The highest BCUT2D eigenvalue weighted by Crippen LogP contribution is 2.22. The number of nitrogens with two attached hydrogens (primary N) is 1. The molecule has 7 heteroatoms. The number of halogens is 2. The van der Waals surface area contributed by atoms with E-state index in [-0.39, 0.29) is 17.5 Å². The molecule has 0 aliphatic heterocycles. The fraction of sp³-hybridized carbons (Fsp3) is 0.500. The van der Waals surface area contributed by atoms with E-state index < -0.39 is 26.8 Å². The van der Waals surface area contributed by atoms with Gasteiger partial charge in [-0.25, -0.2) is 17.5 Å². The van der Waals surface area contributed by atoms with Gasteiger partial charge in [-0.15, -0.1) is 0 Å². The van der Waals surface area contributed by atoms with Crippen LogP contribution in [0.4, 0.5) is 4.39 Å². The van der Waals surface area contributed by atoms with E-state index >= 15 is 0 Å². The second-order valence-electron chi connectivity index (χ2n) is 4.74. The van der Waals surface area contributed by atoms with Crippen molar-refractivity contribution in [1.82, 2.24) is 4.72 Å². The van der Waals surface area contributed by atoms with Gasteiger partial charge in [0, 0.05) is 12.6 Å². The van der Waals surface area contributed by atoms with Crippen LogP contribution in [-0.4, -0.2) is 21.0 Å². The van der Waals surface area contributed by atoms with E-state index in [1.54, 1.807) is 0 Å². The van der Waals surface area contributed by atoms with Crippen LogP contribution < -0.4 is 10.5 Å². The van der Waals surface area contributed by atoms with Gasteiger partial charge < -0.3 is 5.73 Å². The normalized spacial score (nSPS) is 13.8. The largest absolute Gasteiger partial charge is 0.329 e. The predicted octanol–water partition coefficient (Wildman–Crippen LogP) is 2.13. The minimum Gasteiger partial charge on any atom is -0.329 e. The highest BCUT2D eigenvalue weighted by atomic mass is 35.5. The van der Waals surface area contributed by atoms with E-state index in [1.807, 2.05) is 13.8 Å². The van der Waals surface area contributed by atoms with Gasteiger partial charge in [-0.1, -0.05) is 31.5 Å². The van der Waals surface area contributed by atoms with Gasteiger partial charge in [-0.05, 0) is 24.5 Å². The molecule has 1 aromatic rings. The molecular weight excluding hydrogens is 291 g/mol. The molecule has 0 aliphatic rings. The second kappa shape index (κ2) is 6.65. The van der Waals surface area contributed by atoms with Gasteiger partial charge in [0.05, 0.1) is 5.02 Å². The summed E-state index contributed by atoms with van der Waals surface area (Å²) in [7, 11) is -3.96. The molecule has 108 valence electrons. The van der Waals surface area contributed by atoms with Gasteiger partial charge in [0.15, 0.2) is 5.82 Å². The third-order valence-electron chi connectivity index (χ3n) is 2.57. The average molecular weight is 309 g/mol. The smallest absolute Gasteiger partial charge is 0.243 e. The molecule has 0 heterocycles. The van der Waals surface area contributed by atoms with E-state index in [1.165, 1.54) is 18.2 Å². The summed E-state index contributed by atoms with van der Waals surface area (Å²) >= 11 is 5.58. The molecular formula is C12H18ClFN2O2S. The summed E-state index contributed by atoms with van der Waals surface area (Å²) in [4.78, 5) is -0.456.